The zero-order valence-electron chi connectivity index (χ0n) is 10.2. The van der Waals surface area contributed by atoms with Gasteiger partial charge in [0, 0.05) is 19.2 Å². The number of aliphatic hydroxyl groups is 1. The SMILES string of the molecule is CCO[C@H]1C[C@H](n2ccc(N)nc2=O)O[C@@H]1CO. The standard InChI is InChI=1S/C11H17N3O4/c1-2-17-7-5-10(18-8(7)6-15)14-4-3-9(12)13-11(14)16/h3-4,7-8,10,15H,2,5-6H2,1H3,(H2,12,13,16)/t7-,8+,10+/m0/s1. The topological polar surface area (TPSA) is 99.6 Å². The molecule has 1 saturated heterocycles. The summed E-state index contributed by atoms with van der Waals surface area (Å²) < 4.78 is 12.4. The second-order valence-electron chi connectivity index (χ2n) is 4.08. The molecule has 0 aromatic carbocycles. The highest BCUT2D eigenvalue weighted by Gasteiger charge is 2.36. The molecular weight excluding hydrogens is 238 g/mol. The molecule has 1 aromatic heterocycles. The molecule has 1 aromatic rings. The Kier molecular flexibility index (Phi) is 3.95. The normalized spacial score (nSPS) is 27.6. The molecule has 0 unspecified atom stereocenters. The molecule has 1 aliphatic heterocycles. The lowest BCUT2D eigenvalue weighted by molar-refractivity contribution is -0.0602. The average Bonchev–Trinajstić information content (AvgIpc) is 2.72. The number of rotatable bonds is 4. The van der Waals surface area contributed by atoms with Crippen molar-refractivity contribution in [2.45, 2.75) is 31.8 Å². The Hall–Kier alpha value is -1.44. The van der Waals surface area contributed by atoms with Crippen molar-refractivity contribution in [1.82, 2.24) is 9.55 Å². The molecule has 0 spiro atoms. The van der Waals surface area contributed by atoms with Gasteiger partial charge in [-0.3, -0.25) is 4.57 Å². The Labute approximate surface area is 104 Å². The molecule has 0 aliphatic carbocycles. The third-order valence-electron chi connectivity index (χ3n) is 2.90. The lowest BCUT2D eigenvalue weighted by Gasteiger charge is -2.15. The number of hydrogen-bond acceptors (Lipinski definition) is 6. The van der Waals surface area contributed by atoms with E-state index in [1.54, 1.807) is 0 Å². The maximum Gasteiger partial charge on any atom is 0.351 e. The van der Waals surface area contributed by atoms with Gasteiger partial charge in [0.05, 0.1) is 12.7 Å². The van der Waals surface area contributed by atoms with Crippen molar-refractivity contribution in [2.75, 3.05) is 18.9 Å². The van der Waals surface area contributed by atoms with Crippen LogP contribution in [0.2, 0.25) is 0 Å². The third kappa shape index (κ3) is 2.53. The number of anilines is 1. The summed E-state index contributed by atoms with van der Waals surface area (Å²) in [6, 6.07) is 1.53. The van der Waals surface area contributed by atoms with E-state index >= 15 is 0 Å². The first-order valence-electron chi connectivity index (χ1n) is 5.88. The average molecular weight is 255 g/mol. The summed E-state index contributed by atoms with van der Waals surface area (Å²) in [6.45, 7) is 2.27. The molecule has 18 heavy (non-hydrogen) atoms. The minimum Gasteiger partial charge on any atom is -0.394 e. The third-order valence-corrected chi connectivity index (χ3v) is 2.90. The molecule has 2 rings (SSSR count). The van der Waals surface area contributed by atoms with Crippen molar-refractivity contribution >= 4 is 5.82 Å². The molecular formula is C11H17N3O4. The first kappa shape index (κ1) is 13.0. The zero-order chi connectivity index (χ0) is 13.1. The fourth-order valence-corrected chi connectivity index (χ4v) is 2.07. The first-order chi connectivity index (χ1) is 8.65. The van der Waals surface area contributed by atoms with Crippen LogP contribution in [0.15, 0.2) is 17.1 Å². The van der Waals surface area contributed by atoms with Crippen molar-refractivity contribution in [1.29, 1.82) is 0 Å². The molecule has 3 N–H and O–H groups in total. The second-order valence-corrected chi connectivity index (χ2v) is 4.08. The fraction of sp³-hybridized carbons (Fsp3) is 0.636. The summed E-state index contributed by atoms with van der Waals surface area (Å²) in [5.41, 5.74) is 4.96. The predicted molar refractivity (Wildman–Crippen MR) is 63.9 cm³/mol. The number of ether oxygens (including phenoxy) is 2. The van der Waals surface area contributed by atoms with Gasteiger partial charge >= 0.3 is 5.69 Å². The maximum absolute atomic E-state index is 11.7. The molecule has 0 bridgehead atoms. The van der Waals surface area contributed by atoms with Crippen LogP contribution in [0.25, 0.3) is 0 Å². The predicted octanol–water partition coefficient (Wildman–Crippen LogP) is -0.490. The van der Waals surface area contributed by atoms with E-state index in [1.165, 1.54) is 16.8 Å². The van der Waals surface area contributed by atoms with Crippen LogP contribution in [0.4, 0.5) is 5.82 Å². The Morgan fingerprint density at radius 1 is 1.72 bits per heavy atom. The summed E-state index contributed by atoms with van der Waals surface area (Å²) in [4.78, 5) is 15.3. The van der Waals surface area contributed by atoms with Crippen molar-refractivity contribution in [3.05, 3.63) is 22.7 Å². The minimum absolute atomic E-state index is 0.141. The Balaban J connectivity index is 2.18. The van der Waals surface area contributed by atoms with E-state index in [-0.39, 0.29) is 18.5 Å². The molecule has 0 amide bonds. The summed E-state index contributed by atoms with van der Waals surface area (Å²) in [6.07, 6.45) is 0.941. The highest BCUT2D eigenvalue weighted by molar-refractivity contribution is 5.23. The second kappa shape index (κ2) is 5.47. The Bertz CT molecular complexity index is 462. The number of aliphatic hydroxyl groups excluding tert-OH is 1. The van der Waals surface area contributed by atoms with Crippen LogP contribution in [0.1, 0.15) is 19.6 Å². The molecule has 7 heteroatoms. The largest absolute Gasteiger partial charge is 0.394 e. The lowest BCUT2D eigenvalue weighted by Crippen LogP contribution is -2.28. The van der Waals surface area contributed by atoms with Gasteiger partial charge < -0.3 is 20.3 Å². The molecule has 2 heterocycles. The van der Waals surface area contributed by atoms with Gasteiger partial charge in [0.1, 0.15) is 18.1 Å². The van der Waals surface area contributed by atoms with Crippen molar-refractivity contribution in [2.24, 2.45) is 0 Å². The van der Waals surface area contributed by atoms with Crippen LogP contribution in [-0.4, -0.2) is 40.1 Å². The monoisotopic (exact) mass is 255 g/mol. The molecule has 3 atom stereocenters. The lowest BCUT2D eigenvalue weighted by atomic mass is 10.2. The van der Waals surface area contributed by atoms with Gasteiger partial charge in [0.25, 0.3) is 0 Å². The van der Waals surface area contributed by atoms with Crippen LogP contribution >= 0.6 is 0 Å². The van der Waals surface area contributed by atoms with Crippen molar-refractivity contribution in [3.8, 4) is 0 Å². The van der Waals surface area contributed by atoms with Gasteiger partial charge in [-0.2, -0.15) is 4.98 Å². The van der Waals surface area contributed by atoms with Crippen LogP contribution in [0.5, 0.6) is 0 Å². The van der Waals surface area contributed by atoms with Crippen molar-refractivity contribution < 1.29 is 14.6 Å². The Morgan fingerprint density at radius 3 is 3.11 bits per heavy atom. The van der Waals surface area contributed by atoms with E-state index in [0.29, 0.717) is 13.0 Å². The van der Waals surface area contributed by atoms with Gasteiger partial charge in [0.2, 0.25) is 0 Å². The summed E-state index contributed by atoms with van der Waals surface area (Å²) >= 11 is 0. The van der Waals surface area contributed by atoms with Crippen LogP contribution in [0.3, 0.4) is 0 Å². The fourth-order valence-electron chi connectivity index (χ4n) is 2.07. The van der Waals surface area contributed by atoms with Gasteiger partial charge in [-0.1, -0.05) is 0 Å². The number of nitrogen functional groups attached to an aromatic ring is 1. The van der Waals surface area contributed by atoms with Crippen LogP contribution < -0.4 is 11.4 Å². The van der Waals surface area contributed by atoms with Gasteiger partial charge in [-0.15, -0.1) is 0 Å². The first-order valence-corrected chi connectivity index (χ1v) is 5.88. The van der Waals surface area contributed by atoms with E-state index in [9.17, 15) is 9.90 Å². The highest BCUT2D eigenvalue weighted by Crippen LogP contribution is 2.29. The van der Waals surface area contributed by atoms with E-state index in [2.05, 4.69) is 4.98 Å². The molecule has 7 nitrogen and oxygen atoms in total. The molecule has 1 aliphatic rings. The van der Waals surface area contributed by atoms with Gasteiger partial charge in [-0.05, 0) is 13.0 Å². The van der Waals surface area contributed by atoms with Crippen molar-refractivity contribution in [3.63, 3.8) is 0 Å². The van der Waals surface area contributed by atoms with Gasteiger partial charge in [0.15, 0.2) is 0 Å². The number of aromatic nitrogens is 2. The summed E-state index contributed by atoms with van der Waals surface area (Å²) in [7, 11) is 0. The Morgan fingerprint density at radius 2 is 2.50 bits per heavy atom. The minimum atomic E-state index is -0.473. The molecule has 1 fully saturated rings. The molecule has 0 radical (unpaired) electrons. The van der Waals surface area contributed by atoms with E-state index in [1.807, 2.05) is 6.92 Å². The van der Waals surface area contributed by atoms with E-state index in [0.717, 1.165) is 0 Å². The summed E-state index contributed by atoms with van der Waals surface area (Å²) in [5, 5.41) is 9.21. The number of nitrogens with two attached hydrogens (primary N) is 1. The smallest absolute Gasteiger partial charge is 0.351 e. The van der Waals surface area contributed by atoms with Gasteiger partial charge in [-0.25, -0.2) is 4.79 Å². The quantitative estimate of drug-likeness (QED) is 0.753. The maximum atomic E-state index is 11.7. The molecule has 100 valence electrons. The highest BCUT2D eigenvalue weighted by atomic mass is 16.6. The van der Waals surface area contributed by atoms with E-state index < -0.39 is 18.0 Å². The molecule has 0 saturated carbocycles. The van der Waals surface area contributed by atoms with Crippen LogP contribution in [0, 0.1) is 0 Å². The number of nitrogens with zero attached hydrogens (tertiary/aromatic N) is 2. The van der Waals surface area contributed by atoms with Crippen LogP contribution in [-0.2, 0) is 9.47 Å². The number of hydrogen-bond donors (Lipinski definition) is 2. The van der Waals surface area contributed by atoms with E-state index in [4.69, 9.17) is 15.2 Å². The zero-order valence-corrected chi connectivity index (χ0v) is 10.2. The summed E-state index contributed by atoms with van der Waals surface area (Å²) in [5.74, 6) is 0.175.